The van der Waals surface area contributed by atoms with Gasteiger partial charge in [-0.05, 0) is 6.42 Å². The van der Waals surface area contributed by atoms with Crippen LogP contribution in [0.5, 0.6) is 0 Å². The summed E-state index contributed by atoms with van der Waals surface area (Å²) in [4.78, 5) is 0. The molecule has 0 fully saturated rings. The number of rotatable bonds is 3. The predicted octanol–water partition coefficient (Wildman–Crippen LogP) is 1.39. The Kier molecular flexibility index (Phi) is 5.31. The molecule has 0 aromatic rings. The van der Waals surface area contributed by atoms with E-state index in [1.54, 1.807) is 0 Å². The molecule has 76 valence electrons. The van der Waals surface area contributed by atoms with E-state index >= 15 is 0 Å². The van der Waals surface area contributed by atoms with Gasteiger partial charge in [0.25, 0.3) is 0 Å². The van der Waals surface area contributed by atoms with Crippen LogP contribution in [0.15, 0.2) is 0 Å². The van der Waals surface area contributed by atoms with Gasteiger partial charge in [-0.3, -0.25) is 0 Å². The SMILES string of the molecule is CCC(O)CC(O)C#C[Si](C)(C)C. The van der Waals surface area contributed by atoms with Gasteiger partial charge in [-0.25, -0.2) is 0 Å². The van der Waals surface area contributed by atoms with Crippen LogP contribution < -0.4 is 0 Å². The van der Waals surface area contributed by atoms with Crippen LogP contribution in [0, 0.1) is 11.5 Å². The molecule has 2 N–H and O–H groups in total. The third-order valence-electron chi connectivity index (χ3n) is 1.58. The molecule has 2 atom stereocenters. The molecular formula is C10H20O2Si. The van der Waals surface area contributed by atoms with Crippen molar-refractivity contribution < 1.29 is 10.2 Å². The minimum absolute atomic E-state index is 0.369. The van der Waals surface area contributed by atoms with Crippen molar-refractivity contribution in [3.8, 4) is 11.5 Å². The van der Waals surface area contributed by atoms with Crippen molar-refractivity contribution in [2.75, 3.05) is 0 Å². The van der Waals surface area contributed by atoms with Crippen molar-refractivity contribution in [1.29, 1.82) is 0 Å². The molecule has 0 saturated carbocycles. The van der Waals surface area contributed by atoms with Crippen LogP contribution in [-0.4, -0.2) is 30.5 Å². The fraction of sp³-hybridized carbons (Fsp3) is 0.800. The largest absolute Gasteiger partial charge is 0.393 e. The van der Waals surface area contributed by atoms with Gasteiger partial charge in [0.15, 0.2) is 0 Å². The first-order valence-electron chi connectivity index (χ1n) is 4.74. The Morgan fingerprint density at radius 2 is 1.77 bits per heavy atom. The van der Waals surface area contributed by atoms with Crippen molar-refractivity contribution in [3.05, 3.63) is 0 Å². The maximum absolute atomic E-state index is 9.40. The van der Waals surface area contributed by atoms with E-state index in [2.05, 4.69) is 31.1 Å². The summed E-state index contributed by atoms with van der Waals surface area (Å²) in [5.41, 5.74) is 3.08. The number of hydrogen-bond acceptors (Lipinski definition) is 2. The van der Waals surface area contributed by atoms with Crippen LogP contribution in [0.1, 0.15) is 19.8 Å². The molecule has 3 heteroatoms. The molecule has 2 nitrogen and oxygen atoms in total. The Hall–Kier alpha value is -0.303. The lowest BCUT2D eigenvalue weighted by atomic mass is 10.1. The highest BCUT2D eigenvalue weighted by Gasteiger charge is 2.10. The molecule has 0 aromatic carbocycles. The maximum Gasteiger partial charge on any atom is 0.129 e. The van der Waals surface area contributed by atoms with Crippen LogP contribution in [0.2, 0.25) is 19.6 Å². The van der Waals surface area contributed by atoms with E-state index in [4.69, 9.17) is 0 Å². The average Bonchev–Trinajstić information content (AvgIpc) is 1.99. The van der Waals surface area contributed by atoms with Crippen LogP contribution in [-0.2, 0) is 0 Å². The zero-order valence-corrected chi connectivity index (χ0v) is 9.96. The molecule has 0 aromatic heterocycles. The van der Waals surface area contributed by atoms with Crippen molar-refractivity contribution in [1.82, 2.24) is 0 Å². The molecule has 0 heterocycles. The van der Waals surface area contributed by atoms with Gasteiger partial charge in [0.1, 0.15) is 14.2 Å². The molecule has 0 rings (SSSR count). The fourth-order valence-electron chi connectivity index (χ4n) is 0.783. The normalized spacial score (nSPS) is 15.8. The second kappa shape index (κ2) is 5.43. The third-order valence-corrected chi connectivity index (χ3v) is 2.47. The minimum atomic E-state index is -1.38. The number of hydrogen-bond donors (Lipinski definition) is 2. The Bertz CT molecular complexity index is 197. The Balaban J connectivity index is 3.98. The summed E-state index contributed by atoms with van der Waals surface area (Å²) in [7, 11) is -1.38. The van der Waals surface area contributed by atoms with E-state index < -0.39 is 20.3 Å². The molecule has 2 unspecified atom stereocenters. The summed E-state index contributed by atoms with van der Waals surface area (Å²) in [6.45, 7) is 8.28. The quantitative estimate of drug-likeness (QED) is 0.534. The van der Waals surface area contributed by atoms with Gasteiger partial charge in [-0.2, -0.15) is 0 Å². The molecule has 0 radical (unpaired) electrons. The van der Waals surface area contributed by atoms with Crippen molar-refractivity contribution in [3.63, 3.8) is 0 Å². The summed E-state index contributed by atoms with van der Waals surface area (Å²) in [5.74, 6) is 2.80. The topological polar surface area (TPSA) is 40.5 Å². The second-order valence-corrected chi connectivity index (χ2v) is 9.08. The van der Waals surface area contributed by atoms with Crippen LogP contribution >= 0.6 is 0 Å². The van der Waals surface area contributed by atoms with Gasteiger partial charge in [0.05, 0.1) is 6.10 Å². The van der Waals surface area contributed by atoms with E-state index in [1.807, 2.05) is 6.92 Å². The second-order valence-electron chi connectivity index (χ2n) is 4.33. The Labute approximate surface area is 82.0 Å². The molecule has 0 aliphatic heterocycles. The predicted molar refractivity (Wildman–Crippen MR) is 58.0 cm³/mol. The zero-order valence-electron chi connectivity index (χ0n) is 8.96. The highest BCUT2D eigenvalue weighted by molar-refractivity contribution is 6.83. The molecule has 0 aliphatic rings. The fourth-order valence-corrected chi connectivity index (χ4v) is 1.38. The number of aliphatic hydroxyl groups excluding tert-OH is 2. The van der Waals surface area contributed by atoms with E-state index in [9.17, 15) is 10.2 Å². The van der Waals surface area contributed by atoms with Crippen LogP contribution in [0.3, 0.4) is 0 Å². The minimum Gasteiger partial charge on any atom is -0.393 e. The van der Waals surface area contributed by atoms with Gasteiger partial charge in [-0.1, -0.05) is 32.5 Å². The molecular weight excluding hydrogens is 180 g/mol. The van der Waals surface area contributed by atoms with Crippen molar-refractivity contribution in [2.45, 2.75) is 51.6 Å². The Morgan fingerprint density at radius 3 is 2.15 bits per heavy atom. The van der Waals surface area contributed by atoms with Crippen molar-refractivity contribution >= 4 is 8.07 Å². The first-order valence-corrected chi connectivity index (χ1v) is 8.24. The van der Waals surface area contributed by atoms with Crippen LogP contribution in [0.4, 0.5) is 0 Å². The first-order chi connectivity index (χ1) is 5.85. The van der Waals surface area contributed by atoms with E-state index in [0.717, 1.165) is 0 Å². The molecule has 0 spiro atoms. The van der Waals surface area contributed by atoms with E-state index in [-0.39, 0.29) is 0 Å². The van der Waals surface area contributed by atoms with Crippen molar-refractivity contribution in [2.24, 2.45) is 0 Å². The van der Waals surface area contributed by atoms with Gasteiger partial charge in [-0.15, -0.1) is 5.54 Å². The van der Waals surface area contributed by atoms with E-state index in [1.165, 1.54) is 0 Å². The lowest BCUT2D eigenvalue weighted by Crippen LogP contribution is -2.20. The van der Waals surface area contributed by atoms with Crippen LogP contribution in [0.25, 0.3) is 0 Å². The smallest absolute Gasteiger partial charge is 0.129 e. The molecule has 0 aliphatic carbocycles. The molecule has 0 amide bonds. The number of aliphatic hydroxyl groups is 2. The monoisotopic (exact) mass is 200 g/mol. The van der Waals surface area contributed by atoms with Gasteiger partial charge >= 0.3 is 0 Å². The van der Waals surface area contributed by atoms with Gasteiger partial charge < -0.3 is 10.2 Å². The summed E-state index contributed by atoms with van der Waals surface area (Å²) >= 11 is 0. The summed E-state index contributed by atoms with van der Waals surface area (Å²) in [6.07, 6.45) is -0.0488. The van der Waals surface area contributed by atoms with Gasteiger partial charge in [0.2, 0.25) is 0 Å². The highest BCUT2D eigenvalue weighted by Crippen LogP contribution is 2.02. The summed E-state index contributed by atoms with van der Waals surface area (Å²) in [5, 5.41) is 18.6. The maximum atomic E-state index is 9.40. The summed E-state index contributed by atoms with van der Waals surface area (Å²) < 4.78 is 0. The third kappa shape index (κ3) is 8.04. The van der Waals surface area contributed by atoms with E-state index in [0.29, 0.717) is 12.8 Å². The lowest BCUT2D eigenvalue weighted by molar-refractivity contribution is 0.105. The standard InChI is InChI=1S/C10H20O2Si/c1-5-9(11)8-10(12)6-7-13(2,3)4/h9-12H,5,8H2,1-4H3. The molecule has 13 heavy (non-hydrogen) atoms. The Morgan fingerprint density at radius 1 is 1.23 bits per heavy atom. The molecule has 0 bridgehead atoms. The van der Waals surface area contributed by atoms with Gasteiger partial charge in [0, 0.05) is 6.42 Å². The first kappa shape index (κ1) is 12.7. The lowest BCUT2D eigenvalue weighted by Gasteiger charge is -2.10. The highest BCUT2D eigenvalue weighted by atomic mass is 28.3. The summed E-state index contributed by atoms with van der Waals surface area (Å²) in [6, 6.07) is 0. The molecule has 0 saturated heterocycles. The average molecular weight is 200 g/mol. The zero-order chi connectivity index (χ0) is 10.5.